The van der Waals surface area contributed by atoms with E-state index in [0.717, 1.165) is 68.9 Å². The number of fused-ring (bicyclic) bond motifs is 2. The number of hydrogen-bond acceptors (Lipinski definition) is 6. The van der Waals surface area contributed by atoms with Crippen molar-refractivity contribution in [3.05, 3.63) is 114 Å². The summed E-state index contributed by atoms with van der Waals surface area (Å²) >= 11 is 0. The van der Waals surface area contributed by atoms with Crippen LogP contribution in [0.3, 0.4) is 0 Å². The Morgan fingerprint density at radius 2 is 1.66 bits per heavy atom. The van der Waals surface area contributed by atoms with Gasteiger partial charge in [-0.15, -0.1) is 10.2 Å². The van der Waals surface area contributed by atoms with Crippen molar-refractivity contribution in [2.24, 2.45) is 0 Å². The first-order chi connectivity index (χ1) is 21.7. The minimum absolute atomic E-state index is 0.0338. The van der Waals surface area contributed by atoms with Crippen molar-refractivity contribution in [1.82, 2.24) is 40.7 Å². The number of rotatable bonds is 10. The summed E-state index contributed by atoms with van der Waals surface area (Å²) in [6, 6.07) is 23.9. The van der Waals surface area contributed by atoms with Crippen LogP contribution in [0.4, 0.5) is 0 Å². The van der Waals surface area contributed by atoms with Crippen molar-refractivity contribution in [2.75, 3.05) is 20.3 Å². The highest BCUT2D eigenvalue weighted by molar-refractivity contribution is 5.85. The first kappa shape index (κ1) is 27.9. The van der Waals surface area contributed by atoms with Gasteiger partial charge in [-0.3, -0.25) is 10.1 Å². The molecule has 10 nitrogen and oxygen atoms in total. The average Bonchev–Trinajstić information content (AvgIpc) is 3.79. The van der Waals surface area contributed by atoms with E-state index >= 15 is 0 Å². The Morgan fingerprint density at radius 1 is 0.955 bits per heavy atom. The molecule has 6 aromatic rings. The van der Waals surface area contributed by atoms with Gasteiger partial charge in [-0.1, -0.05) is 48.5 Å². The van der Waals surface area contributed by atoms with Crippen molar-refractivity contribution >= 4 is 27.7 Å². The molecule has 3 aromatic carbocycles. The molecule has 2 atom stereocenters. The van der Waals surface area contributed by atoms with Crippen LogP contribution in [0.15, 0.2) is 85.2 Å². The summed E-state index contributed by atoms with van der Waals surface area (Å²) in [5.74, 6) is 2.33. The maximum atomic E-state index is 13.6. The van der Waals surface area contributed by atoms with E-state index < -0.39 is 6.04 Å². The van der Waals surface area contributed by atoms with E-state index in [2.05, 4.69) is 72.9 Å². The van der Waals surface area contributed by atoms with Gasteiger partial charge in [0.25, 0.3) is 0 Å². The summed E-state index contributed by atoms with van der Waals surface area (Å²) in [5, 5.41) is 21.7. The molecule has 44 heavy (non-hydrogen) atoms. The standard InChI is InChI=1S/C34H36N8O2/c1-44-25-12-10-22(11-13-25)20-42-32(17-24-19-37-29-9-5-3-7-27(24)29)40-41-33(42)31(39-34(43)30-14-15-35-21-38-30)16-23-18-36-28-8-4-2-6-26(23)28/h2-13,18-19,30-31,35-38H,14-17,20-21H2,1H3,(H,39,43)/t30-,31-/m1/s1. The molecule has 3 aromatic heterocycles. The number of benzene rings is 3. The average molecular weight is 589 g/mol. The number of nitrogens with one attached hydrogen (secondary N) is 5. The lowest BCUT2D eigenvalue weighted by atomic mass is 10.0. The monoisotopic (exact) mass is 588 g/mol. The van der Waals surface area contributed by atoms with Crippen molar-refractivity contribution in [3.8, 4) is 5.75 Å². The van der Waals surface area contributed by atoms with Gasteiger partial charge in [-0.2, -0.15) is 0 Å². The molecule has 0 bridgehead atoms. The van der Waals surface area contributed by atoms with Crippen molar-refractivity contribution in [3.63, 3.8) is 0 Å². The fourth-order valence-corrected chi connectivity index (χ4v) is 6.13. The minimum Gasteiger partial charge on any atom is -0.497 e. The van der Waals surface area contributed by atoms with E-state index in [4.69, 9.17) is 14.9 Å². The Morgan fingerprint density at radius 3 is 2.36 bits per heavy atom. The number of aromatic amines is 2. The number of carbonyl (C=O) groups is 1. The smallest absolute Gasteiger partial charge is 0.237 e. The fraction of sp³-hybridized carbons (Fsp3) is 0.265. The van der Waals surface area contributed by atoms with Crippen LogP contribution < -0.4 is 20.7 Å². The number of amides is 1. The zero-order chi connectivity index (χ0) is 29.9. The molecule has 4 heterocycles. The van der Waals surface area contributed by atoms with E-state index in [9.17, 15) is 4.79 Å². The van der Waals surface area contributed by atoms with Crippen molar-refractivity contribution < 1.29 is 9.53 Å². The Kier molecular flexibility index (Phi) is 7.83. The van der Waals surface area contributed by atoms with Gasteiger partial charge in [0, 0.05) is 53.7 Å². The van der Waals surface area contributed by atoms with Gasteiger partial charge in [0.15, 0.2) is 5.82 Å². The molecule has 1 aliphatic heterocycles. The van der Waals surface area contributed by atoms with Gasteiger partial charge in [0.05, 0.1) is 25.7 Å². The third kappa shape index (κ3) is 5.69. The van der Waals surface area contributed by atoms with Crippen LogP contribution >= 0.6 is 0 Å². The SMILES string of the molecule is COc1ccc(Cn2c(Cc3c[nH]c4ccccc34)nnc2[C@@H](Cc2c[nH]c3ccccc23)NC(=O)[C@H]2CCNCN2)cc1. The maximum Gasteiger partial charge on any atom is 0.237 e. The summed E-state index contributed by atoms with van der Waals surface area (Å²) in [4.78, 5) is 20.4. The van der Waals surface area contributed by atoms with Gasteiger partial charge in [-0.25, -0.2) is 0 Å². The highest BCUT2D eigenvalue weighted by Gasteiger charge is 2.29. The molecule has 1 fully saturated rings. The predicted molar refractivity (Wildman–Crippen MR) is 171 cm³/mol. The molecule has 7 rings (SSSR count). The molecule has 0 radical (unpaired) electrons. The molecule has 0 aliphatic carbocycles. The van der Waals surface area contributed by atoms with E-state index in [-0.39, 0.29) is 11.9 Å². The molecule has 10 heteroatoms. The lowest BCUT2D eigenvalue weighted by molar-refractivity contribution is -0.124. The van der Waals surface area contributed by atoms with Crippen molar-refractivity contribution in [1.29, 1.82) is 0 Å². The molecular weight excluding hydrogens is 552 g/mol. The summed E-state index contributed by atoms with van der Waals surface area (Å²) in [7, 11) is 1.67. The fourth-order valence-electron chi connectivity index (χ4n) is 6.13. The van der Waals surface area contributed by atoms with Crippen LogP contribution in [0.25, 0.3) is 21.8 Å². The molecule has 1 saturated heterocycles. The highest BCUT2D eigenvalue weighted by atomic mass is 16.5. The summed E-state index contributed by atoms with van der Waals surface area (Å²) in [5.41, 5.74) is 5.49. The van der Waals surface area contributed by atoms with Crippen LogP contribution in [0.5, 0.6) is 5.75 Å². The Labute approximate surface area is 255 Å². The molecule has 0 saturated carbocycles. The molecular formula is C34H36N8O2. The number of carbonyl (C=O) groups excluding carboxylic acids is 1. The third-order valence-electron chi connectivity index (χ3n) is 8.51. The molecule has 1 aliphatic rings. The van der Waals surface area contributed by atoms with Gasteiger partial charge < -0.3 is 29.9 Å². The molecule has 224 valence electrons. The summed E-state index contributed by atoms with van der Waals surface area (Å²) < 4.78 is 7.57. The highest BCUT2D eigenvalue weighted by Crippen LogP contribution is 2.27. The van der Waals surface area contributed by atoms with Crippen LogP contribution in [0, 0.1) is 0 Å². The van der Waals surface area contributed by atoms with Gasteiger partial charge >= 0.3 is 0 Å². The van der Waals surface area contributed by atoms with Crippen LogP contribution in [0.1, 0.15) is 40.8 Å². The molecule has 0 spiro atoms. The number of nitrogens with zero attached hydrogens (tertiary/aromatic N) is 3. The second kappa shape index (κ2) is 12.4. The lowest BCUT2D eigenvalue weighted by Gasteiger charge is -2.26. The van der Waals surface area contributed by atoms with Crippen LogP contribution in [-0.2, 0) is 24.2 Å². The minimum atomic E-state index is -0.402. The Balaban J connectivity index is 1.29. The normalized spacial score (nSPS) is 15.9. The first-order valence-electron chi connectivity index (χ1n) is 15.1. The Bertz CT molecular complexity index is 1880. The van der Waals surface area contributed by atoms with Gasteiger partial charge in [0.2, 0.25) is 5.91 Å². The maximum absolute atomic E-state index is 13.6. The molecule has 0 unspecified atom stereocenters. The van der Waals surface area contributed by atoms with Gasteiger partial charge in [-0.05, 0) is 53.9 Å². The predicted octanol–water partition coefficient (Wildman–Crippen LogP) is 4.20. The zero-order valence-electron chi connectivity index (χ0n) is 24.6. The van der Waals surface area contributed by atoms with E-state index in [1.165, 1.54) is 0 Å². The molecule has 5 N–H and O–H groups in total. The van der Waals surface area contributed by atoms with Crippen molar-refractivity contribution in [2.45, 2.75) is 37.9 Å². The van der Waals surface area contributed by atoms with E-state index in [0.29, 0.717) is 26.1 Å². The number of ether oxygens (including phenoxy) is 1. The van der Waals surface area contributed by atoms with Crippen LogP contribution in [0.2, 0.25) is 0 Å². The summed E-state index contributed by atoms with van der Waals surface area (Å²) in [6.45, 7) is 1.95. The second-order valence-electron chi connectivity index (χ2n) is 11.3. The number of para-hydroxylation sites is 2. The topological polar surface area (TPSA) is 125 Å². The van der Waals surface area contributed by atoms with E-state index in [1.807, 2.05) is 42.7 Å². The summed E-state index contributed by atoms with van der Waals surface area (Å²) in [6.07, 6.45) is 5.95. The Hall–Kier alpha value is -4.93. The number of methoxy groups -OCH3 is 1. The number of H-pyrrole nitrogens is 2. The quantitative estimate of drug-likeness (QED) is 0.163. The largest absolute Gasteiger partial charge is 0.497 e. The van der Waals surface area contributed by atoms with Crippen LogP contribution in [-0.4, -0.2) is 57.0 Å². The second-order valence-corrected chi connectivity index (χ2v) is 11.3. The molecule has 1 amide bonds. The third-order valence-corrected chi connectivity index (χ3v) is 8.51. The van der Waals surface area contributed by atoms with E-state index in [1.54, 1.807) is 7.11 Å². The number of aromatic nitrogens is 5. The number of hydrogen-bond donors (Lipinski definition) is 5. The lowest BCUT2D eigenvalue weighted by Crippen LogP contribution is -2.53. The van der Waals surface area contributed by atoms with Gasteiger partial charge in [0.1, 0.15) is 11.6 Å². The zero-order valence-corrected chi connectivity index (χ0v) is 24.6. The first-order valence-corrected chi connectivity index (χ1v) is 15.1.